The van der Waals surface area contributed by atoms with Crippen molar-refractivity contribution >= 4 is 0 Å². The summed E-state index contributed by atoms with van der Waals surface area (Å²) in [6.45, 7) is 7.91. The number of rotatable bonds is 3. The van der Waals surface area contributed by atoms with Crippen molar-refractivity contribution < 1.29 is 0 Å². The van der Waals surface area contributed by atoms with Crippen LogP contribution in [0.5, 0.6) is 0 Å². The Morgan fingerprint density at radius 2 is 2.40 bits per heavy atom. The first-order chi connectivity index (χ1) is 7.18. The number of hydrogen-bond donors (Lipinski definition) is 1. The summed E-state index contributed by atoms with van der Waals surface area (Å²) in [6.07, 6.45) is 3.21. The lowest BCUT2D eigenvalue weighted by molar-refractivity contribution is -0.0278. The predicted octanol–water partition coefficient (Wildman–Crippen LogP) is 1.36. The van der Waals surface area contributed by atoms with Crippen molar-refractivity contribution in [3.63, 3.8) is 0 Å². The monoisotopic (exact) mass is 207 g/mol. The zero-order valence-electron chi connectivity index (χ0n) is 9.79. The van der Waals surface area contributed by atoms with E-state index in [0.717, 1.165) is 19.6 Å². The minimum Gasteiger partial charge on any atom is -0.309 e. The lowest BCUT2D eigenvalue weighted by Crippen LogP contribution is -2.73. The minimum absolute atomic E-state index is 0.296. The SMILES string of the molecule is CC(C)CN1CC2(CCCN2)C1CC#N. The Morgan fingerprint density at radius 1 is 1.60 bits per heavy atom. The summed E-state index contributed by atoms with van der Waals surface area (Å²) >= 11 is 0. The van der Waals surface area contributed by atoms with Crippen LogP contribution in [-0.4, -0.2) is 36.1 Å². The number of nitrogens with one attached hydrogen (secondary N) is 1. The molecule has 2 heterocycles. The van der Waals surface area contributed by atoms with Crippen molar-refractivity contribution in [3.05, 3.63) is 0 Å². The molecule has 2 fully saturated rings. The molecule has 2 aliphatic heterocycles. The van der Waals surface area contributed by atoms with E-state index in [1.54, 1.807) is 0 Å². The number of nitrogens with zero attached hydrogens (tertiary/aromatic N) is 2. The molecule has 0 bridgehead atoms. The quantitative estimate of drug-likeness (QED) is 0.759. The maximum atomic E-state index is 8.89. The van der Waals surface area contributed by atoms with Crippen molar-refractivity contribution in [1.29, 1.82) is 5.26 Å². The Bertz CT molecular complexity index is 261. The number of nitriles is 1. The zero-order chi connectivity index (χ0) is 10.9. The van der Waals surface area contributed by atoms with Gasteiger partial charge in [0.25, 0.3) is 0 Å². The van der Waals surface area contributed by atoms with Gasteiger partial charge < -0.3 is 5.32 Å². The molecule has 1 spiro atoms. The molecule has 2 unspecified atom stereocenters. The van der Waals surface area contributed by atoms with Crippen LogP contribution in [0.2, 0.25) is 0 Å². The first kappa shape index (κ1) is 10.9. The van der Waals surface area contributed by atoms with Crippen molar-refractivity contribution in [2.24, 2.45) is 5.92 Å². The highest BCUT2D eigenvalue weighted by Gasteiger charge is 2.53. The Labute approximate surface area is 92.4 Å². The molecule has 0 radical (unpaired) electrons. The Hall–Kier alpha value is -0.590. The molecule has 1 N–H and O–H groups in total. The van der Waals surface area contributed by atoms with E-state index in [0.29, 0.717) is 23.9 Å². The average Bonchev–Trinajstić information content (AvgIpc) is 2.64. The van der Waals surface area contributed by atoms with Gasteiger partial charge in [0.05, 0.1) is 12.5 Å². The number of likely N-dealkylation sites (tertiary alicyclic amines) is 1. The molecule has 3 heteroatoms. The lowest BCUT2D eigenvalue weighted by atomic mass is 9.76. The smallest absolute Gasteiger partial charge is 0.0638 e. The van der Waals surface area contributed by atoms with E-state index in [9.17, 15) is 0 Å². The van der Waals surface area contributed by atoms with Crippen molar-refractivity contribution in [1.82, 2.24) is 10.2 Å². The summed E-state index contributed by atoms with van der Waals surface area (Å²) in [5, 5.41) is 12.5. The molecule has 0 aromatic heterocycles. The third-order valence-electron chi connectivity index (χ3n) is 3.72. The largest absolute Gasteiger partial charge is 0.309 e. The van der Waals surface area contributed by atoms with Crippen LogP contribution in [0.3, 0.4) is 0 Å². The second-order valence-corrected chi connectivity index (χ2v) is 5.39. The van der Waals surface area contributed by atoms with Crippen LogP contribution in [0.25, 0.3) is 0 Å². The molecule has 2 atom stereocenters. The van der Waals surface area contributed by atoms with E-state index in [1.165, 1.54) is 12.8 Å². The summed E-state index contributed by atoms with van der Waals surface area (Å²) in [5.74, 6) is 0.699. The Morgan fingerprint density at radius 3 is 2.93 bits per heavy atom. The minimum atomic E-state index is 0.296. The molecule has 84 valence electrons. The van der Waals surface area contributed by atoms with Crippen LogP contribution in [0, 0.1) is 17.2 Å². The van der Waals surface area contributed by atoms with Gasteiger partial charge in [0.15, 0.2) is 0 Å². The molecule has 15 heavy (non-hydrogen) atoms. The summed E-state index contributed by atoms with van der Waals surface area (Å²) in [7, 11) is 0. The molecule has 3 nitrogen and oxygen atoms in total. The average molecular weight is 207 g/mol. The summed E-state index contributed by atoms with van der Waals surface area (Å²) in [4.78, 5) is 2.48. The second kappa shape index (κ2) is 4.11. The van der Waals surface area contributed by atoms with Gasteiger partial charge in [-0.2, -0.15) is 5.26 Å². The standard InChI is InChI=1S/C12H21N3/c1-10(2)8-15-9-12(5-3-7-14-12)11(15)4-6-13/h10-11,14H,3-5,7-9H2,1-2H3. The van der Waals surface area contributed by atoms with Crippen LogP contribution in [-0.2, 0) is 0 Å². The fourth-order valence-electron chi connectivity index (χ4n) is 3.14. The maximum Gasteiger partial charge on any atom is 0.0638 e. The molecule has 2 saturated heterocycles. The normalized spacial score (nSPS) is 35.7. The summed E-state index contributed by atoms with van der Waals surface area (Å²) in [6, 6.07) is 2.81. The fraction of sp³-hybridized carbons (Fsp3) is 0.917. The Kier molecular flexibility index (Phi) is 2.99. The molecule has 2 aliphatic rings. The van der Waals surface area contributed by atoms with E-state index in [1.807, 2.05) is 0 Å². The van der Waals surface area contributed by atoms with Crippen LogP contribution in [0.1, 0.15) is 33.1 Å². The molecule has 0 amide bonds. The van der Waals surface area contributed by atoms with E-state index >= 15 is 0 Å². The van der Waals surface area contributed by atoms with Gasteiger partial charge in [0.1, 0.15) is 0 Å². The molecule has 0 aromatic rings. The van der Waals surface area contributed by atoms with Gasteiger partial charge in [-0.1, -0.05) is 13.8 Å². The number of hydrogen-bond acceptors (Lipinski definition) is 3. The highest BCUT2D eigenvalue weighted by Crippen LogP contribution is 2.38. The van der Waals surface area contributed by atoms with Crippen LogP contribution in [0.4, 0.5) is 0 Å². The van der Waals surface area contributed by atoms with Gasteiger partial charge in [-0.05, 0) is 25.3 Å². The molecular formula is C12H21N3. The van der Waals surface area contributed by atoms with Gasteiger partial charge >= 0.3 is 0 Å². The zero-order valence-corrected chi connectivity index (χ0v) is 9.79. The van der Waals surface area contributed by atoms with Gasteiger partial charge in [0.2, 0.25) is 0 Å². The van der Waals surface area contributed by atoms with Crippen molar-refractivity contribution in [2.75, 3.05) is 19.6 Å². The topological polar surface area (TPSA) is 39.1 Å². The first-order valence-corrected chi connectivity index (χ1v) is 6.04. The van der Waals surface area contributed by atoms with E-state index in [2.05, 4.69) is 30.1 Å². The predicted molar refractivity (Wildman–Crippen MR) is 60.4 cm³/mol. The highest BCUT2D eigenvalue weighted by molar-refractivity contribution is 5.15. The third kappa shape index (κ3) is 1.89. The van der Waals surface area contributed by atoms with E-state index in [-0.39, 0.29) is 0 Å². The first-order valence-electron chi connectivity index (χ1n) is 6.04. The van der Waals surface area contributed by atoms with Crippen LogP contribution in [0.15, 0.2) is 0 Å². The third-order valence-corrected chi connectivity index (χ3v) is 3.72. The van der Waals surface area contributed by atoms with Crippen LogP contribution < -0.4 is 5.32 Å². The highest BCUT2D eigenvalue weighted by atomic mass is 15.3. The molecule has 0 aromatic carbocycles. The van der Waals surface area contributed by atoms with Gasteiger partial charge in [-0.3, -0.25) is 4.90 Å². The summed E-state index contributed by atoms with van der Waals surface area (Å²) in [5.41, 5.74) is 0.296. The van der Waals surface area contributed by atoms with E-state index < -0.39 is 0 Å². The van der Waals surface area contributed by atoms with Crippen molar-refractivity contribution in [2.45, 2.75) is 44.7 Å². The van der Waals surface area contributed by atoms with Gasteiger partial charge in [0, 0.05) is 24.7 Å². The Balaban J connectivity index is 1.98. The van der Waals surface area contributed by atoms with Gasteiger partial charge in [-0.15, -0.1) is 0 Å². The summed E-state index contributed by atoms with van der Waals surface area (Å²) < 4.78 is 0. The van der Waals surface area contributed by atoms with E-state index in [4.69, 9.17) is 5.26 Å². The fourth-order valence-corrected chi connectivity index (χ4v) is 3.14. The molecule has 0 saturated carbocycles. The molecule has 2 rings (SSSR count). The van der Waals surface area contributed by atoms with Crippen molar-refractivity contribution in [3.8, 4) is 6.07 Å². The van der Waals surface area contributed by atoms with Crippen LogP contribution >= 0.6 is 0 Å². The molecule has 0 aliphatic carbocycles. The molecular weight excluding hydrogens is 186 g/mol. The van der Waals surface area contributed by atoms with Gasteiger partial charge in [-0.25, -0.2) is 0 Å². The lowest BCUT2D eigenvalue weighted by Gasteiger charge is -2.56. The second-order valence-electron chi connectivity index (χ2n) is 5.39. The maximum absolute atomic E-state index is 8.89.